The Morgan fingerprint density at radius 2 is 1.50 bits per heavy atom. The molecule has 0 unspecified atom stereocenters. The first-order valence-electron chi connectivity index (χ1n) is 11.3. The number of carbonyl (C=O) groups is 1. The number of sulfonamides is 1. The zero-order chi connectivity index (χ0) is 24.1. The smallest absolute Gasteiger partial charge is 0.247 e. The number of ether oxygens (including phenoxy) is 1. The van der Waals surface area contributed by atoms with Crippen LogP contribution in [-0.2, 0) is 14.8 Å². The Morgan fingerprint density at radius 3 is 2.09 bits per heavy atom. The molecular formula is C26H29N3O4S. The fourth-order valence-corrected chi connectivity index (χ4v) is 5.25. The Kier molecular flexibility index (Phi) is 7.07. The van der Waals surface area contributed by atoms with Gasteiger partial charge in [-0.15, -0.1) is 0 Å². The topological polar surface area (TPSA) is 79.0 Å². The summed E-state index contributed by atoms with van der Waals surface area (Å²) in [5, 5.41) is 2.84. The first kappa shape index (κ1) is 23.6. The second kappa shape index (κ2) is 10.2. The van der Waals surface area contributed by atoms with Gasteiger partial charge >= 0.3 is 0 Å². The Morgan fingerprint density at radius 1 is 0.912 bits per heavy atom. The van der Waals surface area contributed by atoms with Crippen molar-refractivity contribution in [2.24, 2.45) is 0 Å². The van der Waals surface area contributed by atoms with Crippen LogP contribution in [0.1, 0.15) is 19.8 Å². The molecule has 4 rings (SSSR count). The standard InChI is InChI=1S/C26H29N3O4S/c1-20(26(30)27-21-10-12-22(13-11-21)28-18-6-7-19-28)29(34(2,31)32)23-14-16-25(17-15-23)33-24-8-4-3-5-9-24/h3-5,8-17,20H,6-7,18-19H2,1-2H3,(H,27,30)/t20-/m1/s1. The molecule has 1 fully saturated rings. The molecule has 0 bridgehead atoms. The number of carbonyl (C=O) groups excluding carboxylic acids is 1. The summed E-state index contributed by atoms with van der Waals surface area (Å²) in [6.45, 7) is 3.66. The number of amides is 1. The number of para-hydroxylation sites is 1. The van der Waals surface area contributed by atoms with Crippen molar-refractivity contribution in [3.05, 3.63) is 78.9 Å². The third-order valence-electron chi connectivity index (χ3n) is 5.76. The number of nitrogens with zero attached hydrogens (tertiary/aromatic N) is 2. The first-order valence-corrected chi connectivity index (χ1v) is 13.1. The van der Waals surface area contributed by atoms with E-state index in [0.717, 1.165) is 29.3 Å². The van der Waals surface area contributed by atoms with Crippen LogP contribution in [0.4, 0.5) is 17.1 Å². The van der Waals surface area contributed by atoms with Crippen molar-refractivity contribution in [1.29, 1.82) is 0 Å². The highest BCUT2D eigenvalue weighted by molar-refractivity contribution is 7.92. The van der Waals surface area contributed by atoms with E-state index in [1.54, 1.807) is 31.2 Å². The summed E-state index contributed by atoms with van der Waals surface area (Å²) in [6.07, 6.45) is 3.48. The fourth-order valence-electron chi connectivity index (χ4n) is 4.07. The van der Waals surface area contributed by atoms with Gasteiger partial charge in [-0.1, -0.05) is 18.2 Å². The highest BCUT2D eigenvalue weighted by Crippen LogP contribution is 2.27. The number of anilines is 3. The minimum atomic E-state index is -3.72. The van der Waals surface area contributed by atoms with Crippen LogP contribution in [0.2, 0.25) is 0 Å². The van der Waals surface area contributed by atoms with Crippen molar-refractivity contribution in [2.45, 2.75) is 25.8 Å². The summed E-state index contributed by atoms with van der Waals surface area (Å²) in [5.74, 6) is 0.835. The van der Waals surface area contributed by atoms with Crippen LogP contribution in [0.3, 0.4) is 0 Å². The lowest BCUT2D eigenvalue weighted by Gasteiger charge is -2.28. The molecule has 0 aromatic heterocycles. The van der Waals surface area contributed by atoms with Crippen LogP contribution in [0.5, 0.6) is 11.5 Å². The highest BCUT2D eigenvalue weighted by atomic mass is 32.2. The summed E-state index contributed by atoms with van der Waals surface area (Å²) in [6, 6.07) is 22.6. The molecule has 0 aliphatic carbocycles. The van der Waals surface area contributed by atoms with E-state index in [0.29, 0.717) is 22.9 Å². The number of hydrogen-bond donors (Lipinski definition) is 1. The molecule has 1 heterocycles. The highest BCUT2D eigenvalue weighted by Gasteiger charge is 2.29. The number of rotatable bonds is 8. The van der Waals surface area contributed by atoms with E-state index in [1.165, 1.54) is 12.8 Å². The molecule has 3 aromatic rings. The Balaban J connectivity index is 1.46. The van der Waals surface area contributed by atoms with Crippen LogP contribution in [0, 0.1) is 0 Å². The van der Waals surface area contributed by atoms with Crippen LogP contribution >= 0.6 is 0 Å². The van der Waals surface area contributed by atoms with E-state index >= 15 is 0 Å². The van der Waals surface area contributed by atoms with Gasteiger partial charge in [0.2, 0.25) is 15.9 Å². The molecule has 0 spiro atoms. The van der Waals surface area contributed by atoms with Gasteiger partial charge in [0.1, 0.15) is 17.5 Å². The number of benzene rings is 3. The summed E-state index contributed by atoms with van der Waals surface area (Å²) in [7, 11) is -3.72. The molecule has 1 N–H and O–H groups in total. The van der Waals surface area contributed by atoms with Crippen molar-refractivity contribution in [3.8, 4) is 11.5 Å². The lowest BCUT2D eigenvalue weighted by atomic mass is 10.2. The maximum Gasteiger partial charge on any atom is 0.247 e. The Labute approximate surface area is 201 Å². The molecule has 1 atom stereocenters. The van der Waals surface area contributed by atoms with Gasteiger partial charge in [0, 0.05) is 24.5 Å². The molecule has 7 nitrogen and oxygen atoms in total. The quantitative estimate of drug-likeness (QED) is 0.499. The Bertz CT molecular complexity index is 1210. The summed E-state index contributed by atoms with van der Waals surface area (Å²) in [5.41, 5.74) is 2.13. The van der Waals surface area contributed by atoms with E-state index in [4.69, 9.17) is 4.74 Å². The molecule has 0 saturated carbocycles. The molecule has 0 radical (unpaired) electrons. The maximum absolute atomic E-state index is 13.0. The van der Waals surface area contributed by atoms with Crippen LogP contribution < -0.4 is 19.3 Å². The SMILES string of the molecule is C[C@H](C(=O)Nc1ccc(N2CCCC2)cc1)N(c1ccc(Oc2ccccc2)cc1)S(C)(=O)=O. The third kappa shape index (κ3) is 5.69. The molecule has 8 heteroatoms. The van der Waals surface area contributed by atoms with E-state index in [-0.39, 0.29) is 0 Å². The zero-order valence-corrected chi connectivity index (χ0v) is 20.2. The third-order valence-corrected chi connectivity index (χ3v) is 7.01. The van der Waals surface area contributed by atoms with Crippen LogP contribution in [0.15, 0.2) is 78.9 Å². The van der Waals surface area contributed by atoms with Gasteiger partial charge in [0.05, 0.1) is 11.9 Å². The summed E-state index contributed by atoms with van der Waals surface area (Å²) >= 11 is 0. The molecular weight excluding hydrogens is 450 g/mol. The molecule has 1 aliphatic rings. The molecule has 34 heavy (non-hydrogen) atoms. The van der Waals surface area contributed by atoms with Gasteiger partial charge in [-0.3, -0.25) is 9.10 Å². The lowest BCUT2D eigenvalue weighted by molar-refractivity contribution is -0.116. The van der Waals surface area contributed by atoms with Gasteiger partial charge in [0.15, 0.2) is 0 Å². The second-order valence-electron chi connectivity index (χ2n) is 8.37. The molecule has 1 saturated heterocycles. The van der Waals surface area contributed by atoms with Gasteiger partial charge in [-0.05, 0) is 80.4 Å². The lowest BCUT2D eigenvalue weighted by Crippen LogP contribution is -2.45. The molecule has 3 aromatic carbocycles. The normalized spacial score (nSPS) is 14.5. The van der Waals surface area contributed by atoms with Crippen molar-refractivity contribution < 1.29 is 17.9 Å². The first-order chi connectivity index (χ1) is 16.3. The van der Waals surface area contributed by atoms with E-state index in [9.17, 15) is 13.2 Å². The van der Waals surface area contributed by atoms with Crippen LogP contribution in [-0.4, -0.2) is 39.7 Å². The Hall–Kier alpha value is -3.52. The largest absolute Gasteiger partial charge is 0.457 e. The molecule has 178 valence electrons. The van der Waals surface area contributed by atoms with Gasteiger partial charge < -0.3 is 15.0 Å². The van der Waals surface area contributed by atoms with Crippen molar-refractivity contribution in [2.75, 3.05) is 33.9 Å². The maximum atomic E-state index is 13.0. The predicted molar refractivity (Wildman–Crippen MR) is 136 cm³/mol. The minimum Gasteiger partial charge on any atom is -0.457 e. The fraction of sp³-hybridized carbons (Fsp3) is 0.269. The van der Waals surface area contributed by atoms with Crippen molar-refractivity contribution in [3.63, 3.8) is 0 Å². The monoisotopic (exact) mass is 479 g/mol. The van der Waals surface area contributed by atoms with Crippen LogP contribution in [0.25, 0.3) is 0 Å². The predicted octanol–water partition coefficient (Wildman–Crippen LogP) is 4.87. The minimum absolute atomic E-state index is 0.384. The van der Waals surface area contributed by atoms with Gasteiger partial charge in [0.25, 0.3) is 0 Å². The molecule has 1 aliphatic heterocycles. The average Bonchev–Trinajstić information content (AvgIpc) is 3.36. The van der Waals surface area contributed by atoms with Crippen molar-refractivity contribution >= 4 is 33.0 Å². The second-order valence-corrected chi connectivity index (χ2v) is 10.2. The van der Waals surface area contributed by atoms with Gasteiger partial charge in [-0.2, -0.15) is 0 Å². The average molecular weight is 480 g/mol. The number of hydrogen-bond acceptors (Lipinski definition) is 5. The number of nitrogens with one attached hydrogen (secondary N) is 1. The van der Waals surface area contributed by atoms with E-state index in [1.807, 2.05) is 54.6 Å². The zero-order valence-electron chi connectivity index (χ0n) is 19.3. The van der Waals surface area contributed by atoms with E-state index < -0.39 is 22.0 Å². The summed E-state index contributed by atoms with van der Waals surface area (Å²) in [4.78, 5) is 15.3. The van der Waals surface area contributed by atoms with Crippen molar-refractivity contribution in [1.82, 2.24) is 0 Å². The van der Waals surface area contributed by atoms with E-state index in [2.05, 4.69) is 10.2 Å². The molecule has 1 amide bonds. The summed E-state index contributed by atoms with van der Waals surface area (Å²) < 4.78 is 32.1. The van der Waals surface area contributed by atoms with Gasteiger partial charge in [-0.25, -0.2) is 8.42 Å².